The van der Waals surface area contributed by atoms with Crippen LogP contribution in [0.1, 0.15) is 52.2 Å². The van der Waals surface area contributed by atoms with Gasteiger partial charge in [-0.15, -0.1) is 0 Å². The fraction of sp³-hybridized carbons (Fsp3) is 0.769. The molecule has 1 aromatic heterocycles. The summed E-state index contributed by atoms with van der Waals surface area (Å²) < 4.78 is 2.18. The fourth-order valence-electron chi connectivity index (χ4n) is 1.93. The van der Waals surface area contributed by atoms with Crippen LogP contribution in [0.15, 0.2) is 0 Å². The maximum Gasteiger partial charge on any atom is 0.127 e. The summed E-state index contributed by atoms with van der Waals surface area (Å²) >= 11 is 1.83. The molecule has 0 bridgehead atoms. The fourth-order valence-corrected chi connectivity index (χ4v) is 2.32. The highest BCUT2D eigenvalue weighted by molar-refractivity contribution is 7.98. The number of imidazole rings is 1. The second-order valence-electron chi connectivity index (χ2n) is 5.72. The monoisotopic (exact) mass is 255 g/mol. The summed E-state index contributed by atoms with van der Waals surface area (Å²) in [5, 5.41) is 0. The highest BCUT2D eigenvalue weighted by Gasteiger charge is 2.25. The molecule has 17 heavy (non-hydrogen) atoms. The number of nitrogen functional groups attached to an aromatic ring is 1. The van der Waals surface area contributed by atoms with Crippen LogP contribution in [0, 0.1) is 0 Å². The Labute approximate surface area is 109 Å². The summed E-state index contributed by atoms with van der Waals surface area (Å²) in [6, 6.07) is 0.361. The van der Waals surface area contributed by atoms with Crippen molar-refractivity contribution in [3.8, 4) is 0 Å². The summed E-state index contributed by atoms with van der Waals surface area (Å²) in [6.45, 7) is 10.9. The quantitative estimate of drug-likeness (QED) is 0.898. The Kier molecular flexibility index (Phi) is 4.53. The molecule has 98 valence electrons. The zero-order chi connectivity index (χ0) is 13.2. The molecule has 0 spiro atoms. The van der Waals surface area contributed by atoms with Crippen molar-refractivity contribution in [2.24, 2.45) is 0 Å². The molecule has 2 N–H and O–H groups in total. The Balaban J connectivity index is 3.20. The Bertz CT molecular complexity index is 375. The first-order valence-electron chi connectivity index (χ1n) is 6.15. The highest BCUT2D eigenvalue weighted by atomic mass is 32.2. The van der Waals surface area contributed by atoms with Crippen LogP contribution in [-0.2, 0) is 11.8 Å². The third-order valence-electron chi connectivity index (χ3n) is 2.75. The Morgan fingerprint density at radius 3 is 2.29 bits per heavy atom. The van der Waals surface area contributed by atoms with Gasteiger partial charge in [-0.25, -0.2) is 4.98 Å². The van der Waals surface area contributed by atoms with E-state index in [2.05, 4.69) is 45.4 Å². The van der Waals surface area contributed by atoms with Gasteiger partial charge in [0.25, 0.3) is 0 Å². The van der Waals surface area contributed by atoms with Crippen molar-refractivity contribution < 1.29 is 0 Å². The lowest BCUT2D eigenvalue weighted by Crippen LogP contribution is -2.21. The molecule has 0 aliphatic carbocycles. The van der Waals surface area contributed by atoms with Gasteiger partial charge in [0, 0.05) is 17.9 Å². The van der Waals surface area contributed by atoms with Crippen molar-refractivity contribution in [2.45, 2.75) is 52.5 Å². The lowest BCUT2D eigenvalue weighted by Gasteiger charge is -2.22. The molecule has 0 aliphatic heterocycles. The van der Waals surface area contributed by atoms with Gasteiger partial charge in [-0.1, -0.05) is 20.8 Å². The molecule has 1 aromatic rings. The minimum Gasteiger partial charge on any atom is -0.384 e. The standard InChI is InChI=1S/C13H25N3S/c1-9(2)16-11(14)10(7-8-17-6)15-12(16)13(3,4)5/h9H,7-8,14H2,1-6H3. The summed E-state index contributed by atoms with van der Waals surface area (Å²) in [7, 11) is 0. The number of thioether (sulfide) groups is 1. The van der Waals surface area contributed by atoms with Gasteiger partial charge in [-0.05, 0) is 25.9 Å². The van der Waals surface area contributed by atoms with E-state index in [-0.39, 0.29) is 5.41 Å². The SMILES string of the molecule is CSCCc1nc(C(C)(C)C)n(C(C)C)c1N. The molecule has 0 saturated heterocycles. The highest BCUT2D eigenvalue weighted by Crippen LogP contribution is 2.29. The lowest BCUT2D eigenvalue weighted by molar-refractivity contribution is 0.472. The van der Waals surface area contributed by atoms with Crippen molar-refractivity contribution in [3.05, 3.63) is 11.5 Å². The molecule has 0 fully saturated rings. The average Bonchev–Trinajstić information content (AvgIpc) is 2.52. The van der Waals surface area contributed by atoms with E-state index < -0.39 is 0 Å². The number of hydrogen-bond acceptors (Lipinski definition) is 3. The topological polar surface area (TPSA) is 43.8 Å². The Hall–Kier alpha value is -0.640. The third kappa shape index (κ3) is 3.18. The molecular weight excluding hydrogens is 230 g/mol. The largest absolute Gasteiger partial charge is 0.384 e. The number of nitrogens with zero attached hydrogens (tertiary/aromatic N) is 2. The van der Waals surface area contributed by atoms with Gasteiger partial charge in [0.2, 0.25) is 0 Å². The maximum absolute atomic E-state index is 6.23. The number of nitrogens with two attached hydrogens (primary N) is 1. The van der Waals surface area contributed by atoms with Gasteiger partial charge in [0.15, 0.2) is 0 Å². The summed E-state index contributed by atoms with van der Waals surface area (Å²) in [4.78, 5) is 4.76. The number of aryl methyl sites for hydroxylation is 1. The lowest BCUT2D eigenvalue weighted by atomic mass is 9.95. The van der Waals surface area contributed by atoms with E-state index in [0.717, 1.165) is 29.5 Å². The van der Waals surface area contributed by atoms with Crippen LogP contribution < -0.4 is 5.73 Å². The summed E-state index contributed by atoms with van der Waals surface area (Å²) in [5.74, 6) is 3.02. The minimum atomic E-state index is 0.0377. The van der Waals surface area contributed by atoms with Crippen molar-refractivity contribution in [1.82, 2.24) is 9.55 Å². The molecule has 0 saturated carbocycles. The molecule has 0 aromatic carbocycles. The van der Waals surface area contributed by atoms with Crippen LogP contribution in [0.5, 0.6) is 0 Å². The van der Waals surface area contributed by atoms with E-state index >= 15 is 0 Å². The van der Waals surface area contributed by atoms with Crippen molar-refractivity contribution in [3.63, 3.8) is 0 Å². The molecule has 4 heteroatoms. The first-order chi connectivity index (χ1) is 7.79. The van der Waals surface area contributed by atoms with Crippen LogP contribution in [0.25, 0.3) is 0 Å². The Morgan fingerprint density at radius 2 is 1.94 bits per heavy atom. The first-order valence-corrected chi connectivity index (χ1v) is 7.54. The van der Waals surface area contributed by atoms with E-state index in [1.54, 1.807) is 0 Å². The maximum atomic E-state index is 6.23. The van der Waals surface area contributed by atoms with Crippen LogP contribution in [0.3, 0.4) is 0 Å². The predicted octanol–water partition coefficient (Wildman–Crippen LogP) is 3.25. The van der Waals surface area contributed by atoms with Crippen LogP contribution in [0.2, 0.25) is 0 Å². The number of hydrogen-bond donors (Lipinski definition) is 1. The van der Waals surface area contributed by atoms with Crippen LogP contribution in [-0.4, -0.2) is 21.6 Å². The summed E-state index contributed by atoms with van der Waals surface area (Å²) in [5.41, 5.74) is 7.33. The number of rotatable bonds is 4. The zero-order valence-corrected chi connectivity index (χ0v) is 12.7. The molecule has 1 heterocycles. The van der Waals surface area contributed by atoms with Crippen molar-refractivity contribution in [2.75, 3.05) is 17.7 Å². The molecule has 1 rings (SSSR count). The smallest absolute Gasteiger partial charge is 0.127 e. The molecule has 0 radical (unpaired) electrons. The molecule has 0 atom stereocenters. The van der Waals surface area contributed by atoms with E-state index in [4.69, 9.17) is 10.7 Å². The predicted molar refractivity (Wildman–Crippen MR) is 77.8 cm³/mol. The third-order valence-corrected chi connectivity index (χ3v) is 3.37. The molecule has 0 amide bonds. The van der Waals surface area contributed by atoms with Crippen molar-refractivity contribution in [1.29, 1.82) is 0 Å². The Morgan fingerprint density at radius 1 is 1.35 bits per heavy atom. The van der Waals surface area contributed by atoms with E-state index in [1.807, 2.05) is 11.8 Å². The first kappa shape index (κ1) is 14.4. The molecule has 0 unspecified atom stereocenters. The zero-order valence-electron chi connectivity index (χ0n) is 11.9. The van der Waals surface area contributed by atoms with Crippen LogP contribution >= 0.6 is 11.8 Å². The second-order valence-corrected chi connectivity index (χ2v) is 6.71. The van der Waals surface area contributed by atoms with E-state index in [1.165, 1.54) is 0 Å². The van der Waals surface area contributed by atoms with Gasteiger partial charge < -0.3 is 10.3 Å². The van der Waals surface area contributed by atoms with Crippen molar-refractivity contribution >= 4 is 17.6 Å². The molecule has 3 nitrogen and oxygen atoms in total. The normalized spacial score (nSPS) is 12.4. The molecule has 0 aliphatic rings. The number of aromatic nitrogens is 2. The average molecular weight is 255 g/mol. The second kappa shape index (κ2) is 5.34. The van der Waals surface area contributed by atoms with Gasteiger partial charge in [-0.3, -0.25) is 0 Å². The van der Waals surface area contributed by atoms with Crippen LogP contribution in [0.4, 0.5) is 5.82 Å². The van der Waals surface area contributed by atoms with Gasteiger partial charge >= 0.3 is 0 Å². The number of anilines is 1. The van der Waals surface area contributed by atoms with Gasteiger partial charge in [-0.2, -0.15) is 11.8 Å². The summed E-state index contributed by atoms with van der Waals surface area (Å²) in [6.07, 6.45) is 3.07. The van der Waals surface area contributed by atoms with Gasteiger partial charge in [0.05, 0.1) is 5.69 Å². The molecular formula is C13H25N3S. The minimum absolute atomic E-state index is 0.0377. The van der Waals surface area contributed by atoms with Gasteiger partial charge in [0.1, 0.15) is 11.6 Å². The van der Waals surface area contributed by atoms with E-state index in [9.17, 15) is 0 Å². The van der Waals surface area contributed by atoms with E-state index in [0.29, 0.717) is 6.04 Å².